The minimum absolute atomic E-state index is 0.0493. The number of rotatable bonds is 5. The molecule has 1 aliphatic rings. The second-order valence-corrected chi connectivity index (χ2v) is 9.63. The summed E-state index contributed by atoms with van der Waals surface area (Å²) in [4.78, 5) is 41.8. The van der Waals surface area contributed by atoms with Crippen molar-refractivity contribution >= 4 is 33.1 Å². The van der Waals surface area contributed by atoms with Gasteiger partial charge in [-0.25, -0.2) is 9.18 Å². The van der Waals surface area contributed by atoms with Crippen LogP contribution in [0.2, 0.25) is 0 Å². The number of thiophene rings is 1. The van der Waals surface area contributed by atoms with Gasteiger partial charge in [-0.3, -0.25) is 18.7 Å². The smallest absolute Gasteiger partial charge is 0.322 e. The molecule has 2 aromatic heterocycles. The molecular formula is C26H24FN3O3S. The highest BCUT2D eigenvalue weighted by atomic mass is 32.1. The third-order valence-corrected chi connectivity index (χ3v) is 7.70. The van der Waals surface area contributed by atoms with Crippen molar-refractivity contribution in [2.24, 2.45) is 0 Å². The van der Waals surface area contributed by atoms with Crippen molar-refractivity contribution in [3.63, 3.8) is 0 Å². The summed E-state index contributed by atoms with van der Waals surface area (Å²) in [6.45, 7) is 1.50. The molecule has 2 heterocycles. The maximum Gasteiger partial charge on any atom is 0.333 e. The normalized spacial score (nSPS) is 14.1. The maximum atomic E-state index is 14.1. The average molecular weight is 478 g/mol. The van der Waals surface area contributed by atoms with Gasteiger partial charge in [0, 0.05) is 4.88 Å². The summed E-state index contributed by atoms with van der Waals surface area (Å²) in [7, 11) is 0. The van der Waals surface area contributed by atoms with Crippen molar-refractivity contribution in [1.29, 1.82) is 0 Å². The van der Waals surface area contributed by atoms with E-state index in [1.54, 1.807) is 6.07 Å². The number of nitrogens with zero attached hydrogens (tertiary/aromatic N) is 2. The first-order chi connectivity index (χ1) is 16.5. The van der Waals surface area contributed by atoms with Gasteiger partial charge in [0.25, 0.3) is 5.56 Å². The van der Waals surface area contributed by atoms with Crippen LogP contribution in [0.1, 0.15) is 41.8 Å². The highest BCUT2D eigenvalue weighted by Crippen LogP contribution is 2.34. The number of aromatic nitrogens is 2. The first-order valence-electron chi connectivity index (χ1n) is 11.3. The quantitative estimate of drug-likeness (QED) is 0.460. The number of fused-ring (bicyclic) bond motifs is 3. The summed E-state index contributed by atoms with van der Waals surface area (Å²) in [5.41, 5.74) is 1.01. The Morgan fingerprint density at radius 1 is 1.06 bits per heavy atom. The van der Waals surface area contributed by atoms with Crippen LogP contribution in [0.5, 0.6) is 0 Å². The van der Waals surface area contributed by atoms with Gasteiger partial charge in [0.1, 0.15) is 17.2 Å². The van der Waals surface area contributed by atoms with Gasteiger partial charge >= 0.3 is 5.69 Å². The summed E-state index contributed by atoms with van der Waals surface area (Å²) in [5.74, 6) is -1.08. The lowest BCUT2D eigenvalue weighted by Gasteiger charge is -2.18. The van der Waals surface area contributed by atoms with E-state index in [1.807, 2.05) is 37.3 Å². The molecule has 0 saturated carbocycles. The number of benzene rings is 2. The summed E-state index contributed by atoms with van der Waals surface area (Å²) >= 11 is 1.42. The van der Waals surface area contributed by atoms with Crippen molar-refractivity contribution in [3.05, 3.63) is 97.3 Å². The van der Waals surface area contributed by atoms with E-state index in [2.05, 4.69) is 5.32 Å². The van der Waals surface area contributed by atoms with Crippen LogP contribution in [0.4, 0.5) is 10.1 Å². The molecule has 8 heteroatoms. The summed E-state index contributed by atoms with van der Waals surface area (Å²) in [5, 5.41) is 3.08. The number of anilines is 1. The Balaban J connectivity index is 1.66. The molecule has 1 unspecified atom stereocenters. The van der Waals surface area contributed by atoms with E-state index in [4.69, 9.17) is 0 Å². The number of carbonyl (C=O) groups excluding carboxylic acids is 1. The predicted molar refractivity (Wildman–Crippen MR) is 132 cm³/mol. The third-order valence-electron chi connectivity index (χ3n) is 6.39. The van der Waals surface area contributed by atoms with E-state index in [0.29, 0.717) is 10.2 Å². The molecule has 0 radical (unpaired) electrons. The van der Waals surface area contributed by atoms with Crippen LogP contribution in [0.25, 0.3) is 10.2 Å². The zero-order valence-electron chi connectivity index (χ0n) is 18.7. The Labute approximate surface area is 199 Å². The molecule has 0 spiro atoms. The first-order valence-corrected chi connectivity index (χ1v) is 12.2. The Hall–Kier alpha value is -3.52. The van der Waals surface area contributed by atoms with Crippen molar-refractivity contribution in [1.82, 2.24) is 9.13 Å². The van der Waals surface area contributed by atoms with E-state index in [9.17, 15) is 18.8 Å². The van der Waals surface area contributed by atoms with Crippen LogP contribution in [0.15, 0.2) is 64.2 Å². The number of amides is 1. The first kappa shape index (κ1) is 22.3. The number of hydrogen-bond donors (Lipinski definition) is 1. The summed E-state index contributed by atoms with van der Waals surface area (Å²) in [6.07, 6.45) is 3.66. The van der Waals surface area contributed by atoms with Gasteiger partial charge in [-0.1, -0.05) is 42.5 Å². The largest absolute Gasteiger partial charge is 0.333 e. The molecule has 0 aliphatic heterocycles. The molecular weight excluding hydrogens is 453 g/mol. The zero-order valence-corrected chi connectivity index (χ0v) is 19.5. The number of aryl methyl sites for hydroxylation is 2. The molecule has 0 saturated heterocycles. The Kier molecular flexibility index (Phi) is 5.91. The molecule has 5 rings (SSSR count). The standard InChI is InChI=1S/C26H24FN3O3S/c1-16(17-9-3-2-4-10-17)30-24(32)23-18-11-5-8-14-21(18)34-25(23)29(26(30)33)15-22(31)28-20-13-7-6-12-19(20)27/h2-4,6-7,9-10,12-13,16H,5,8,11,14-15H2,1H3,(H,28,31). The number of nitrogens with one attached hydrogen (secondary N) is 1. The predicted octanol–water partition coefficient (Wildman–Crippen LogP) is 4.49. The third kappa shape index (κ3) is 3.88. The Bertz CT molecular complexity index is 1500. The number of carbonyl (C=O) groups is 1. The molecule has 6 nitrogen and oxygen atoms in total. The van der Waals surface area contributed by atoms with Gasteiger partial charge in [0.05, 0.1) is 17.1 Å². The second kappa shape index (κ2) is 9.02. The Morgan fingerprint density at radius 2 is 1.76 bits per heavy atom. The van der Waals surface area contributed by atoms with Gasteiger partial charge in [-0.05, 0) is 55.9 Å². The van der Waals surface area contributed by atoms with E-state index in [0.717, 1.165) is 41.7 Å². The molecule has 1 N–H and O–H groups in total. The zero-order chi connectivity index (χ0) is 23.8. The monoisotopic (exact) mass is 477 g/mol. The lowest BCUT2D eigenvalue weighted by atomic mass is 9.97. The van der Waals surface area contributed by atoms with Gasteiger partial charge < -0.3 is 5.32 Å². The molecule has 1 aliphatic carbocycles. The average Bonchev–Trinajstić information content (AvgIpc) is 3.23. The van der Waals surface area contributed by atoms with Gasteiger partial charge in [-0.15, -0.1) is 11.3 Å². The van der Waals surface area contributed by atoms with E-state index in [-0.39, 0.29) is 17.8 Å². The van der Waals surface area contributed by atoms with Crippen molar-refractivity contribution in [2.45, 2.75) is 45.2 Å². The maximum absolute atomic E-state index is 14.1. The van der Waals surface area contributed by atoms with E-state index in [1.165, 1.54) is 38.7 Å². The van der Waals surface area contributed by atoms with Gasteiger partial charge in [0.15, 0.2) is 0 Å². The van der Waals surface area contributed by atoms with E-state index >= 15 is 0 Å². The number of halogens is 1. The molecule has 4 aromatic rings. The lowest BCUT2D eigenvalue weighted by molar-refractivity contribution is -0.116. The van der Waals surface area contributed by atoms with Crippen LogP contribution in [-0.2, 0) is 24.2 Å². The fourth-order valence-corrected chi connectivity index (χ4v) is 6.02. The molecule has 0 fully saturated rings. The topological polar surface area (TPSA) is 73.1 Å². The van der Waals surface area contributed by atoms with Gasteiger partial charge in [-0.2, -0.15) is 0 Å². The molecule has 0 bridgehead atoms. The molecule has 1 atom stereocenters. The minimum Gasteiger partial charge on any atom is -0.322 e. The van der Waals surface area contributed by atoms with Crippen LogP contribution >= 0.6 is 11.3 Å². The highest BCUT2D eigenvalue weighted by molar-refractivity contribution is 7.18. The fourth-order valence-electron chi connectivity index (χ4n) is 4.64. The van der Waals surface area contributed by atoms with Crippen molar-refractivity contribution in [2.75, 3.05) is 5.32 Å². The van der Waals surface area contributed by atoms with Crippen molar-refractivity contribution < 1.29 is 9.18 Å². The lowest BCUT2D eigenvalue weighted by Crippen LogP contribution is -2.43. The van der Waals surface area contributed by atoms with E-state index < -0.39 is 23.5 Å². The SMILES string of the molecule is CC(c1ccccc1)n1c(=O)c2c3c(sc2n(CC(=O)Nc2ccccc2F)c1=O)CCCC3. The Morgan fingerprint density at radius 3 is 2.53 bits per heavy atom. The van der Waals surface area contributed by atoms with Crippen LogP contribution in [0, 0.1) is 5.82 Å². The number of hydrogen-bond acceptors (Lipinski definition) is 4. The molecule has 174 valence electrons. The van der Waals surface area contributed by atoms with Gasteiger partial charge in [0.2, 0.25) is 5.91 Å². The summed E-state index contributed by atoms with van der Waals surface area (Å²) in [6, 6.07) is 14.7. The molecule has 2 aromatic carbocycles. The van der Waals surface area contributed by atoms with Crippen LogP contribution < -0.4 is 16.6 Å². The van der Waals surface area contributed by atoms with Crippen LogP contribution in [-0.4, -0.2) is 15.0 Å². The number of para-hydroxylation sites is 1. The minimum atomic E-state index is -0.553. The van der Waals surface area contributed by atoms with Crippen LogP contribution in [0.3, 0.4) is 0 Å². The second-order valence-electron chi connectivity index (χ2n) is 8.55. The molecule has 1 amide bonds. The highest BCUT2D eigenvalue weighted by Gasteiger charge is 2.26. The van der Waals surface area contributed by atoms with Crippen molar-refractivity contribution in [3.8, 4) is 0 Å². The fraction of sp³-hybridized carbons (Fsp3) is 0.269. The molecule has 34 heavy (non-hydrogen) atoms. The summed E-state index contributed by atoms with van der Waals surface area (Å²) < 4.78 is 16.7.